The molecular formula is C33H50FN15O2. The first-order chi connectivity index (χ1) is 23.9. The van der Waals surface area contributed by atoms with E-state index in [0.717, 1.165) is 17.7 Å². The number of aryl methyl sites for hydroxylation is 1. The van der Waals surface area contributed by atoms with Crippen molar-refractivity contribution in [1.29, 1.82) is 0 Å². The van der Waals surface area contributed by atoms with Gasteiger partial charge in [-0.05, 0) is 62.3 Å². The van der Waals surface area contributed by atoms with Crippen molar-refractivity contribution < 1.29 is 14.3 Å². The van der Waals surface area contributed by atoms with Crippen molar-refractivity contribution >= 4 is 47.3 Å². The summed E-state index contributed by atoms with van der Waals surface area (Å²) in [6, 6.07) is 1.05. The zero-order chi connectivity index (χ0) is 38.2. The van der Waals surface area contributed by atoms with Gasteiger partial charge >= 0.3 is 0 Å². The van der Waals surface area contributed by atoms with Gasteiger partial charge in [0.05, 0.1) is 25.5 Å². The second-order valence-electron chi connectivity index (χ2n) is 12.7. The number of nitrogens with one attached hydrogen (secondary N) is 2. The number of aromatic nitrogens is 6. The largest absolute Gasteiger partial charge is 0.385 e. The van der Waals surface area contributed by atoms with Crippen molar-refractivity contribution in [3.8, 4) is 0 Å². The van der Waals surface area contributed by atoms with Gasteiger partial charge in [-0.2, -0.15) is 9.38 Å². The number of anilines is 2. The van der Waals surface area contributed by atoms with Crippen LogP contribution in [0.25, 0.3) is 11.2 Å². The molecule has 3 aliphatic heterocycles. The molecular weight excluding hydrogens is 657 g/mol. The molecule has 17 nitrogen and oxygen atoms in total. The van der Waals surface area contributed by atoms with Crippen molar-refractivity contribution in [3.05, 3.63) is 61.0 Å². The monoisotopic (exact) mass is 707 g/mol. The fourth-order valence-corrected chi connectivity index (χ4v) is 4.75. The number of nitrogens with two attached hydrogens (primary N) is 2. The van der Waals surface area contributed by atoms with Crippen LogP contribution in [-0.2, 0) is 4.79 Å². The lowest BCUT2D eigenvalue weighted by atomic mass is 10.2. The van der Waals surface area contributed by atoms with Crippen molar-refractivity contribution in [1.82, 2.24) is 44.2 Å². The number of aliphatic hydroxyl groups is 1. The number of aliphatic hydroxyl groups excluding tert-OH is 1. The van der Waals surface area contributed by atoms with Crippen molar-refractivity contribution in [3.63, 3.8) is 0 Å². The number of halogens is 1. The molecule has 3 aromatic rings. The molecule has 6 heterocycles. The minimum atomic E-state index is -0.781. The highest BCUT2D eigenvalue weighted by Gasteiger charge is 2.22. The first kappa shape index (κ1) is 39.8. The minimum Gasteiger partial charge on any atom is -0.385 e. The van der Waals surface area contributed by atoms with Gasteiger partial charge in [-0.25, -0.2) is 24.9 Å². The van der Waals surface area contributed by atoms with Gasteiger partial charge in [0.1, 0.15) is 46.9 Å². The number of fused-ring (bicyclic) bond motifs is 2. The fourth-order valence-electron chi connectivity index (χ4n) is 4.75. The van der Waals surface area contributed by atoms with E-state index in [2.05, 4.69) is 86.4 Å². The third-order valence-corrected chi connectivity index (χ3v) is 7.39. The van der Waals surface area contributed by atoms with Gasteiger partial charge < -0.3 is 46.1 Å². The molecule has 0 aromatic carbocycles. The maximum Gasteiger partial charge on any atom is 0.287 e. The fraction of sp³-hybridized carbons (Fsp3) is 0.455. The molecule has 1 atom stereocenters. The van der Waals surface area contributed by atoms with Crippen LogP contribution in [0.15, 0.2) is 64.5 Å². The summed E-state index contributed by atoms with van der Waals surface area (Å²) in [4.78, 5) is 42.7. The van der Waals surface area contributed by atoms with Gasteiger partial charge in [0, 0.05) is 30.4 Å². The molecule has 18 heteroatoms. The van der Waals surface area contributed by atoms with Crippen molar-refractivity contribution in [2.24, 2.45) is 20.7 Å². The number of guanidine groups is 1. The molecule has 3 aliphatic rings. The van der Waals surface area contributed by atoms with E-state index in [9.17, 15) is 14.3 Å². The van der Waals surface area contributed by atoms with Crippen LogP contribution < -0.4 is 22.1 Å². The average Bonchev–Trinajstić information content (AvgIpc) is 3.62. The zero-order valence-electron chi connectivity index (χ0n) is 30.7. The Morgan fingerprint density at radius 2 is 1.57 bits per heavy atom. The number of nitrogen functional groups attached to an aromatic ring is 1. The molecule has 0 radical (unpaired) electrons. The lowest BCUT2D eigenvalue weighted by Crippen LogP contribution is -2.40. The van der Waals surface area contributed by atoms with Crippen molar-refractivity contribution in [2.45, 2.75) is 92.6 Å². The molecule has 51 heavy (non-hydrogen) atoms. The van der Waals surface area contributed by atoms with Gasteiger partial charge in [-0.3, -0.25) is 9.79 Å². The lowest BCUT2D eigenvalue weighted by Gasteiger charge is -2.29. The SMILES string of the molecule is C=C1N=C(N)N=CN1C(C)C.C=C1NC(=O)C(F)=CN1C(C)C.CC(C)n1cnc2c1NC=NC[C@H]2O.Cc1nc(N)c2ncn(C(C)C)c2n1. The zero-order valence-corrected chi connectivity index (χ0v) is 30.7. The second kappa shape index (κ2) is 17.3. The van der Waals surface area contributed by atoms with E-state index in [-0.39, 0.29) is 12.0 Å². The Balaban J connectivity index is 0.000000185. The Morgan fingerprint density at radius 3 is 2.16 bits per heavy atom. The Hall–Kier alpha value is -5.65. The van der Waals surface area contributed by atoms with E-state index < -0.39 is 17.8 Å². The second-order valence-corrected chi connectivity index (χ2v) is 12.7. The van der Waals surface area contributed by atoms with Crippen LogP contribution in [0, 0.1) is 6.92 Å². The van der Waals surface area contributed by atoms with E-state index in [1.807, 2.05) is 48.7 Å². The summed E-state index contributed by atoms with van der Waals surface area (Å²) in [5.41, 5.74) is 13.3. The smallest absolute Gasteiger partial charge is 0.287 e. The number of carbonyl (C=O) groups is 1. The lowest BCUT2D eigenvalue weighted by molar-refractivity contribution is -0.119. The standard InChI is InChI=1S/C9H13N5.C9H14N4O.C8H11FN2O.C7H12N4/c1-5(2)14-4-11-7-8(10)12-6(3)13-9(7)14;1-6(2)13-5-12-8-7(14)3-10-4-11-9(8)13;1-5(2)11-4-7(9)8(12)10-6(11)3;1-5(2)11-4-9-7(8)10-6(11)3/h4-5H,1-3H3,(H2,10,12,13);4-7,14H,3H2,1-2H3,(H,10,11);4-5H,3H2,1-2H3,(H,10,12);4-5H,3H2,1-2H3,(H2,8,10)/t;7-;;/m.1../s1. The highest BCUT2D eigenvalue weighted by Crippen LogP contribution is 2.26. The number of imidazole rings is 2. The third-order valence-electron chi connectivity index (χ3n) is 7.39. The molecule has 0 unspecified atom stereocenters. The van der Waals surface area contributed by atoms with Crippen LogP contribution in [0.3, 0.4) is 0 Å². The van der Waals surface area contributed by atoms with Gasteiger partial charge in [0.15, 0.2) is 11.5 Å². The molecule has 7 N–H and O–H groups in total. The molecule has 0 aliphatic carbocycles. The first-order valence-corrected chi connectivity index (χ1v) is 16.4. The molecule has 3 aromatic heterocycles. The molecule has 6 rings (SSSR count). The molecule has 276 valence electrons. The van der Waals surface area contributed by atoms with E-state index in [4.69, 9.17) is 11.5 Å². The molecule has 0 fully saturated rings. The van der Waals surface area contributed by atoms with Crippen LogP contribution in [0.5, 0.6) is 0 Å². The third kappa shape index (κ3) is 10.2. The summed E-state index contributed by atoms with van der Waals surface area (Å²) in [7, 11) is 0. The number of hydrogen-bond donors (Lipinski definition) is 5. The summed E-state index contributed by atoms with van der Waals surface area (Å²) in [5.74, 6) is 1.79. The Bertz CT molecular complexity index is 1830. The number of hydrogen-bond acceptors (Lipinski definition) is 14. The first-order valence-electron chi connectivity index (χ1n) is 16.4. The summed E-state index contributed by atoms with van der Waals surface area (Å²) < 4.78 is 16.7. The Labute approximate surface area is 297 Å². The highest BCUT2D eigenvalue weighted by molar-refractivity contribution is 5.93. The van der Waals surface area contributed by atoms with Crippen LogP contribution >= 0.6 is 0 Å². The van der Waals surface area contributed by atoms with Crippen LogP contribution in [0.4, 0.5) is 16.0 Å². The van der Waals surface area contributed by atoms with Crippen LogP contribution in [-0.4, -0.2) is 87.1 Å². The summed E-state index contributed by atoms with van der Waals surface area (Å²) in [6.45, 7) is 25.6. The van der Waals surface area contributed by atoms with Crippen LogP contribution in [0.2, 0.25) is 0 Å². The quantitative estimate of drug-likeness (QED) is 0.262. The van der Waals surface area contributed by atoms with Gasteiger partial charge in [0.2, 0.25) is 11.8 Å². The van der Waals surface area contributed by atoms with Gasteiger partial charge in [0.25, 0.3) is 5.91 Å². The van der Waals surface area contributed by atoms with E-state index >= 15 is 0 Å². The number of carbonyl (C=O) groups excluding carboxylic acids is 1. The minimum absolute atomic E-state index is 0.0869. The average molecular weight is 708 g/mol. The molecule has 0 saturated heterocycles. The maximum absolute atomic E-state index is 12.7. The summed E-state index contributed by atoms with van der Waals surface area (Å²) in [5, 5.41) is 15.1. The molecule has 1 amide bonds. The van der Waals surface area contributed by atoms with E-state index in [0.29, 0.717) is 59.2 Å². The molecule has 0 saturated carbocycles. The molecule has 0 spiro atoms. The topological polar surface area (TPSA) is 218 Å². The van der Waals surface area contributed by atoms with Gasteiger partial charge in [-0.1, -0.05) is 13.2 Å². The van der Waals surface area contributed by atoms with Crippen molar-refractivity contribution in [2.75, 3.05) is 17.6 Å². The Morgan fingerprint density at radius 1 is 0.941 bits per heavy atom. The maximum atomic E-state index is 12.7. The highest BCUT2D eigenvalue weighted by atomic mass is 19.1. The number of aliphatic imine (C=N–C) groups is 3. The normalized spacial score (nSPS) is 16.8. The number of rotatable bonds is 4. The van der Waals surface area contributed by atoms with Gasteiger partial charge in [-0.15, -0.1) is 0 Å². The predicted octanol–water partition coefficient (Wildman–Crippen LogP) is 3.88. The summed E-state index contributed by atoms with van der Waals surface area (Å²) in [6.07, 6.45) is 7.30. The van der Waals surface area contributed by atoms with Crippen LogP contribution in [0.1, 0.15) is 85.1 Å². The predicted molar refractivity (Wildman–Crippen MR) is 199 cm³/mol. The Kier molecular flexibility index (Phi) is 13.5. The molecule has 0 bridgehead atoms. The van der Waals surface area contributed by atoms with E-state index in [1.54, 1.807) is 30.2 Å². The van der Waals surface area contributed by atoms with E-state index in [1.165, 1.54) is 0 Å². The number of nitrogens with zero attached hydrogens (tertiary/aromatic N) is 11. The summed E-state index contributed by atoms with van der Waals surface area (Å²) >= 11 is 0. The number of amides is 1.